The smallest absolute Gasteiger partial charge is 0.190 e. The van der Waals surface area contributed by atoms with Crippen molar-refractivity contribution < 1.29 is 9.53 Å². The average molecular weight is 330 g/mol. The van der Waals surface area contributed by atoms with Crippen molar-refractivity contribution in [2.24, 2.45) is 0 Å². The Kier molecular flexibility index (Phi) is 5.54. The van der Waals surface area contributed by atoms with Crippen LogP contribution in [0.2, 0.25) is 10.0 Å². The Hall–Kier alpha value is -0.940. The first kappa shape index (κ1) is 15.4. The highest BCUT2D eigenvalue weighted by Gasteiger charge is 2.11. The van der Waals surface area contributed by atoms with Crippen molar-refractivity contribution >= 4 is 40.3 Å². The predicted octanol–water partition coefficient (Wildman–Crippen LogP) is 4.20. The van der Waals surface area contributed by atoms with Gasteiger partial charge >= 0.3 is 0 Å². The highest BCUT2D eigenvalue weighted by molar-refractivity contribution is 7.09. The van der Waals surface area contributed by atoms with Crippen LogP contribution in [0.3, 0.4) is 0 Å². The fourth-order valence-corrected chi connectivity index (χ4v) is 2.84. The summed E-state index contributed by atoms with van der Waals surface area (Å²) in [5.74, 6) is -0.168. The number of carbonyl (C=O) groups excluding carboxylic acids is 1. The van der Waals surface area contributed by atoms with Gasteiger partial charge in [-0.15, -0.1) is 11.3 Å². The van der Waals surface area contributed by atoms with Gasteiger partial charge in [0, 0.05) is 21.9 Å². The fourth-order valence-electron chi connectivity index (χ4n) is 1.68. The van der Waals surface area contributed by atoms with Crippen molar-refractivity contribution in [2.45, 2.75) is 13.3 Å². The summed E-state index contributed by atoms with van der Waals surface area (Å²) in [6.07, 6.45) is 0.757. The van der Waals surface area contributed by atoms with Crippen LogP contribution in [-0.4, -0.2) is 24.0 Å². The van der Waals surface area contributed by atoms with Crippen LogP contribution in [0.4, 0.5) is 0 Å². The molecule has 0 bridgehead atoms. The number of ketones is 1. The predicted molar refractivity (Wildman–Crippen MR) is 82.2 cm³/mol. The summed E-state index contributed by atoms with van der Waals surface area (Å²) < 4.78 is 5.40. The largest absolute Gasteiger partial charge is 0.373 e. The number of nitrogens with zero attached hydrogens (tertiary/aromatic N) is 1. The second-order valence-electron chi connectivity index (χ2n) is 4.21. The first-order valence-electron chi connectivity index (χ1n) is 6.03. The highest BCUT2D eigenvalue weighted by Crippen LogP contribution is 2.21. The van der Waals surface area contributed by atoms with Gasteiger partial charge in [0.15, 0.2) is 5.78 Å². The Bertz CT molecular complexity index is 613. The quantitative estimate of drug-likeness (QED) is 0.589. The maximum atomic E-state index is 12.0. The summed E-state index contributed by atoms with van der Waals surface area (Å²) >= 11 is 13.4. The molecule has 0 amide bonds. The molecule has 1 heterocycles. The molecule has 106 valence electrons. The number of benzene rings is 1. The van der Waals surface area contributed by atoms with Crippen LogP contribution >= 0.6 is 34.5 Å². The zero-order valence-electron chi connectivity index (χ0n) is 10.9. The van der Waals surface area contributed by atoms with E-state index in [1.54, 1.807) is 29.5 Å². The van der Waals surface area contributed by atoms with Gasteiger partial charge in [-0.1, -0.05) is 23.2 Å². The van der Waals surface area contributed by atoms with Crippen LogP contribution in [0.5, 0.6) is 0 Å². The van der Waals surface area contributed by atoms with Crippen LogP contribution < -0.4 is 0 Å². The molecule has 3 nitrogen and oxygen atoms in total. The second-order valence-corrected chi connectivity index (χ2v) is 5.99. The number of aryl methyl sites for hydroxylation is 1. The number of Topliss-reactive ketones (excluding diaryl/α,β-unsaturated/α-hetero) is 1. The number of ether oxygens (including phenoxy) is 1. The van der Waals surface area contributed by atoms with E-state index in [9.17, 15) is 4.79 Å². The molecule has 0 aliphatic rings. The van der Waals surface area contributed by atoms with Crippen molar-refractivity contribution in [3.05, 3.63) is 49.9 Å². The van der Waals surface area contributed by atoms with Crippen molar-refractivity contribution in [1.29, 1.82) is 0 Å². The molecule has 0 atom stereocenters. The molecule has 1 aromatic heterocycles. The molecule has 0 radical (unpaired) electrons. The van der Waals surface area contributed by atoms with Crippen molar-refractivity contribution in [2.75, 3.05) is 13.2 Å². The summed E-state index contributed by atoms with van der Waals surface area (Å²) in [4.78, 5) is 17.3. The molecule has 1 aromatic carbocycles. The lowest BCUT2D eigenvalue weighted by atomic mass is 10.1. The van der Waals surface area contributed by atoms with E-state index in [0.29, 0.717) is 22.2 Å². The van der Waals surface area contributed by atoms with Crippen LogP contribution in [0.15, 0.2) is 23.7 Å². The van der Waals surface area contributed by atoms with Gasteiger partial charge < -0.3 is 4.74 Å². The van der Waals surface area contributed by atoms with Crippen LogP contribution in [0, 0.1) is 6.92 Å². The van der Waals surface area contributed by atoms with E-state index in [4.69, 9.17) is 27.9 Å². The average Bonchev–Trinajstić information content (AvgIpc) is 2.83. The van der Waals surface area contributed by atoms with Crippen LogP contribution in [0.25, 0.3) is 0 Å². The van der Waals surface area contributed by atoms with Gasteiger partial charge in [0.1, 0.15) is 6.61 Å². The highest BCUT2D eigenvalue weighted by atomic mass is 35.5. The van der Waals surface area contributed by atoms with Crippen molar-refractivity contribution in [3.8, 4) is 0 Å². The Balaban J connectivity index is 1.83. The minimum Gasteiger partial charge on any atom is -0.373 e. The number of aromatic nitrogens is 1. The summed E-state index contributed by atoms with van der Waals surface area (Å²) in [5, 5.41) is 0.874. The Morgan fingerprint density at radius 1 is 1.40 bits per heavy atom. The second kappa shape index (κ2) is 7.18. The first-order chi connectivity index (χ1) is 9.58. The molecule has 20 heavy (non-hydrogen) atoms. The lowest BCUT2D eigenvalue weighted by Crippen LogP contribution is -2.11. The molecule has 2 aromatic rings. The van der Waals surface area contributed by atoms with E-state index in [0.717, 1.165) is 12.1 Å². The van der Waals surface area contributed by atoms with E-state index in [1.165, 1.54) is 4.88 Å². The summed E-state index contributed by atoms with van der Waals surface area (Å²) in [6.45, 7) is 2.44. The summed E-state index contributed by atoms with van der Waals surface area (Å²) in [6, 6.07) is 4.81. The maximum Gasteiger partial charge on any atom is 0.190 e. The number of hydrogen-bond donors (Lipinski definition) is 0. The first-order valence-corrected chi connectivity index (χ1v) is 7.66. The number of rotatable bonds is 6. The van der Waals surface area contributed by atoms with Gasteiger partial charge in [-0.3, -0.25) is 4.79 Å². The van der Waals surface area contributed by atoms with Gasteiger partial charge in [-0.05, 0) is 25.1 Å². The third-order valence-electron chi connectivity index (χ3n) is 2.78. The molecule has 6 heteroatoms. The lowest BCUT2D eigenvalue weighted by molar-refractivity contribution is 0.0766. The topological polar surface area (TPSA) is 39.2 Å². The molecular formula is C14H13Cl2NO2S. The van der Waals surface area contributed by atoms with Crippen molar-refractivity contribution in [3.63, 3.8) is 0 Å². The molecule has 0 saturated heterocycles. The van der Waals surface area contributed by atoms with Gasteiger partial charge in [-0.2, -0.15) is 0 Å². The third-order valence-corrected chi connectivity index (χ3v) is 4.34. The molecule has 0 N–H and O–H groups in total. The van der Waals surface area contributed by atoms with Gasteiger partial charge in [0.05, 0.1) is 22.8 Å². The minimum absolute atomic E-state index is 0.00207. The summed E-state index contributed by atoms with van der Waals surface area (Å²) in [7, 11) is 0. The molecule has 2 rings (SSSR count). The number of carbonyl (C=O) groups is 1. The number of thiazole rings is 1. The molecule has 0 unspecified atom stereocenters. The molecular weight excluding hydrogens is 317 g/mol. The van der Waals surface area contributed by atoms with E-state index in [-0.39, 0.29) is 12.4 Å². The number of hydrogen-bond acceptors (Lipinski definition) is 4. The van der Waals surface area contributed by atoms with Crippen LogP contribution in [0.1, 0.15) is 20.9 Å². The van der Waals surface area contributed by atoms with E-state index >= 15 is 0 Å². The normalized spacial score (nSPS) is 10.8. The minimum atomic E-state index is -0.168. The van der Waals surface area contributed by atoms with E-state index in [2.05, 4.69) is 4.98 Å². The fraction of sp³-hybridized carbons (Fsp3) is 0.286. The lowest BCUT2D eigenvalue weighted by Gasteiger charge is -2.05. The third kappa shape index (κ3) is 4.03. The van der Waals surface area contributed by atoms with E-state index < -0.39 is 0 Å². The van der Waals surface area contributed by atoms with Crippen LogP contribution in [-0.2, 0) is 11.2 Å². The zero-order valence-corrected chi connectivity index (χ0v) is 13.2. The maximum absolute atomic E-state index is 12.0. The Labute approximate surface area is 131 Å². The van der Waals surface area contributed by atoms with E-state index in [1.807, 2.05) is 12.4 Å². The standard InChI is InChI=1S/C14H13Cl2NO2S/c1-9-14(20-8-17-9)4-5-19-7-13(18)11-6-10(15)2-3-12(11)16/h2-3,6,8H,4-5,7H2,1H3. The van der Waals surface area contributed by atoms with Gasteiger partial charge in [0.2, 0.25) is 0 Å². The molecule has 0 spiro atoms. The number of halogens is 2. The Morgan fingerprint density at radius 3 is 2.90 bits per heavy atom. The van der Waals surface area contributed by atoms with Crippen molar-refractivity contribution in [1.82, 2.24) is 4.98 Å². The zero-order chi connectivity index (χ0) is 14.5. The molecule has 0 aliphatic heterocycles. The SMILES string of the molecule is Cc1ncsc1CCOCC(=O)c1cc(Cl)ccc1Cl. The molecule has 0 aliphatic carbocycles. The molecule has 0 fully saturated rings. The van der Waals surface area contributed by atoms with Gasteiger partial charge in [0.25, 0.3) is 0 Å². The monoisotopic (exact) mass is 329 g/mol. The summed E-state index contributed by atoms with van der Waals surface area (Å²) in [5.41, 5.74) is 3.22. The van der Waals surface area contributed by atoms with Gasteiger partial charge in [-0.25, -0.2) is 4.98 Å². The molecule has 0 saturated carbocycles. The Morgan fingerprint density at radius 2 is 2.20 bits per heavy atom.